The number of hydrogen-bond donors (Lipinski definition) is 4. The minimum atomic E-state index is -4.44. The molecule has 0 aliphatic carbocycles. The second-order valence-corrected chi connectivity index (χ2v) is 13.1. The van der Waals surface area contributed by atoms with Crippen molar-refractivity contribution in [3.8, 4) is 0 Å². The van der Waals surface area contributed by atoms with Gasteiger partial charge in [-0.1, -0.05) is 147 Å². The molecule has 0 aliphatic heterocycles. The number of carbonyl (C=O) groups excluding carboxylic acids is 1. The number of hydrogen-bond acceptors (Lipinski definition) is 5. The molecule has 246 valence electrons. The average molecular weight is 614 g/mol. The third-order valence-electron chi connectivity index (χ3n) is 7.39. The summed E-state index contributed by atoms with van der Waals surface area (Å²) in [5.41, 5.74) is 0. The van der Waals surface area contributed by atoms with Gasteiger partial charge in [-0.2, -0.15) is 8.42 Å². The lowest BCUT2D eigenvalue weighted by Crippen LogP contribution is -2.50. The Hall–Kier alpha value is -1.48. The van der Waals surface area contributed by atoms with Crippen LogP contribution in [0.2, 0.25) is 0 Å². The molecule has 8 heteroatoms. The second kappa shape index (κ2) is 28.3. The summed E-state index contributed by atoms with van der Waals surface area (Å²) < 4.78 is 32.2. The Morgan fingerprint density at radius 3 is 1.52 bits per heavy atom. The predicted molar refractivity (Wildman–Crippen MR) is 176 cm³/mol. The molecule has 0 bridgehead atoms. The Morgan fingerprint density at radius 2 is 1.07 bits per heavy atom. The lowest BCUT2D eigenvalue weighted by atomic mass is 10.0. The Bertz CT molecular complexity index is 824. The van der Waals surface area contributed by atoms with E-state index in [2.05, 4.69) is 43.5 Å². The molecule has 4 N–H and O–H groups in total. The van der Waals surface area contributed by atoms with Gasteiger partial charge in [-0.25, -0.2) is 0 Å². The Balaban J connectivity index is 4.21. The summed E-state index contributed by atoms with van der Waals surface area (Å²) in [7, 11) is -4.44. The van der Waals surface area contributed by atoms with Gasteiger partial charge in [0.1, 0.15) is 6.10 Å². The molecule has 0 heterocycles. The first-order valence-corrected chi connectivity index (χ1v) is 18.4. The Kier molecular flexibility index (Phi) is 27.3. The zero-order valence-corrected chi connectivity index (χ0v) is 27.5. The summed E-state index contributed by atoms with van der Waals surface area (Å²) in [5.74, 6) is -1.57. The fourth-order valence-electron chi connectivity index (χ4n) is 4.79. The van der Waals surface area contributed by atoms with E-state index in [-0.39, 0.29) is 6.42 Å². The molecule has 0 aromatic rings. The maximum absolute atomic E-state index is 12.5. The SMILES string of the molecule is CCC/C=C/CC/C=C/CC/C=C/C(O)C(CS(=O)(=O)O)NC(=O)C(O)CCCCCCCCCCCCCCCC. The monoisotopic (exact) mass is 613 g/mol. The van der Waals surface area contributed by atoms with Gasteiger partial charge in [-0.05, 0) is 38.5 Å². The van der Waals surface area contributed by atoms with E-state index in [1.54, 1.807) is 6.08 Å². The first kappa shape index (κ1) is 40.5. The van der Waals surface area contributed by atoms with Crippen molar-refractivity contribution in [3.63, 3.8) is 0 Å². The van der Waals surface area contributed by atoms with Crippen molar-refractivity contribution in [3.05, 3.63) is 36.5 Å². The van der Waals surface area contributed by atoms with Crippen molar-refractivity contribution in [2.75, 3.05) is 5.75 Å². The zero-order chi connectivity index (χ0) is 31.3. The van der Waals surface area contributed by atoms with E-state index in [1.807, 2.05) is 0 Å². The maximum Gasteiger partial charge on any atom is 0.267 e. The molecule has 3 atom stereocenters. The summed E-state index contributed by atoms with van der Waals surface area (Å²) in [6.07, 6.45) is 32.1. The van der Waals surface area contributed by atoms with E-state index in [0.29, 0.717) is 12.8 Å². The van der Waals surface area contributed by atoms with Crippen LogP contribution in [0.1, 0.15) is 149 Å². The van der Waals surface area contributed by atoms with Crippen LogP contribution in [0, 0.1) is 0 Å². The van der Waals surface area contributed by atoms with Crippen molar-refractivity contribution >= 4 is 16.0 Å². The molecular formula is C34H63NO6S. The molecule has 0 fully saturated rings. The van der Waals surface area contributed by atoms with Crippen molar-refractivity contribution < 1.29 is 28.0 Å². The number of carbonyl (C=O) groups is 1. The van der Waals surface area contributed by atoms with Crippen LogP contribution in [0.4, 0.5) is 0 Å². The molecule has 0 saturated carbocycles. The molecule has 0 saturated heterocycles. The third-order valence-corrected chi connectivity index (χ3v) is 8.17. The van der Waals surface area contributed by atoms with Crippen LogP contribution < -0.4 is 5.32 Å². The van der Waals surface area contributed by atoms with Crippen LogP contribution in [0.15, 0.2) is 36.5 Å². The molecule has 0 spiro atoms. The van der Waals surface area contributed by atoms with Crippen molar-refractivity contribution in [2.45, 2.75) is 167 Å². The van der Waals surface area contributed by atoms with E-state index >= 15 is 0 Å². The molecule has 1 amide bonds. The van der Waals surface area contributed by atoms with Gasteiger partial charge >= 0.3 is 0 Å². The highest BCUT2D eigenvalue weighted by Gasteiger charge is 2.27. The van der Waals surface area contributed by atoms with Gasteiger partial charge < -0.3 is 15.5 Å². The highest BCUT2D eigenvalue weighted by atomic mass is 32.2. The fourth-order valence-corrected chi connectivity index (χ4v) is 5.52. The van der Waals surface area contributed by atoms with Gasteiger partial charge in [0.2, 0.25) is 5.91 Å². The van der Waals surface area contributed by atoms with E-state index in [0.717, 1.165) is 51.4 Å². The van der Waals surface area contributed by atoms with Crippen molar-refractivity contribution in [1.29, 1.82) is 0 Å². The molecule has 0 radical (unpaired) electrons. The molecule has 42 heavy (non-hydrogen) atoms. The van der Waals surface area contributed by atoms with Gasteiger partial charge in [-0.15, -0.1) is 0 Å². The van der Waals surface area contributed by atoms with Gasteiger partial charge in [-0.3, -0.25) is 9.35 Å². The minimum Gasteiger partial charge on any atom is -0.387 e. The number of rotatable bonds is 29. The maximum atomic E-state index is 12.5. The number of aliphatic hydroxyl groups is 2. The van der Waals surface area contributed by atoms with Crippen LogP contribution in [0.3, 0.4) is 0 Å². The smallest absolute Gasteiger partial charge is 0.267 e. The van der Waals surface area contributed by atoms with Gasteiger partial charge in [0.05, 0.1) is 17.9 Å². The van der Waals surface area contributed by atoms with Crippen molar-refractivity contribution in [2.24, 2.45) is 0 Å². The summed E-state index contributed by atoms with van der Waals surface area (Å²) >= 11 is 0. The van der Waals surface area contributed by atoms with E-state index in [9.17, 15) is 28.0 Å². The van der Waals surface area contributed by atoms with Gasteiger partial charge in [0.25, 0.3) is 10.1 Å². The van der Waals surface area contributed by atoms with Gasteiger partial charge in [0, 0.05) is 0 Å². The van der Waals surface area contributed by atoms with E-state index < -0.39 is 40.0 Å². The molecule has 0 aromatic heterocycles. The highest BCUT2D eigenvalue weighted by molar-refractivity contribution is 7.85. The fraction of sp³-hybridized carbons (Fsp3) is 0.794. The lowest BCUT2D eigenvalue weighted by Gasteiger charge is -2.22. The number of unbranched alkanes of at least 4 members (excludes halogenated alkanes) is 16. The number of aliphatic hydroxyl groups excluding tert-OH is 2. The van der Waals surface area contributed by atoms with Crippen LogP contribution in [0.5, 0.6) is 0 Å². The molecule has 7 nitrogen and oxygen atoms in total. The summed E-state index contributed by atoms with van der Waals surface area (Å²) in [6, 6.07) is -1.25. The predicted octanol–water partition coefficient (Wildman–Crippen LogP) is 7.98. The Labute approximate surface area is 258 Å². The van der Waals surface area contributed by atoms with Crippen LogP contribution >= 0.6 is 0 Å². The number of allylic oxidation sites excluding steroid dienone is 5. The minimum absolute atomic E-state index is 0.273. The Morgan fingerprint density at radius 1 is 0.643 bits per heavy atom. The molecule has 0 aromatic carbocycles. The molecule has 0 rings (SSSR count). The normalized spacial score (nSPS) is 14.7. The average Bonchev–Trinajstić information content (AvgIpc) is 2.94. The molecular weight excluding hydrogens is 550 g/mol. The van der Waals surface area contributed by atoms with Crippen LogP contribution in [0.25, 0.3) is 0 Å². The number of nitrogens with one attached hydrogen (secondary N) is 1. The highest BCUT2D eigenvalue weighted by Crippen LogP contribution is 2.14. The molecule has 3 unspecified atom stereocenters. The lowest BCUT2D eigenvalue weighted by molar-refractivity contribution is -0.130. The third kappa shape index (κ3) is 27.4. The summed E-state index contributed by atoms with van der Waals surface area (Å²) in [4.78, 5) is 12.5. The quantitative estimate of drug-likeness (QED) is 0.0385. The topological polar surface area (TPSA) is 124 Å². The van der Waals surface area contributed by atoms with Gasteiger partial charge in [0.15, 0.2) is 0 Å². The summed E-state index contributed by atoms with van der Waals surface area (Å²) in [6.45, 7) is 4.40. The van der Waals surface area contributed by atoms with Crippen LogP contribution in [-0.4, -0.2) is 53.1 Å². The summed E-state index contributed by atoms with van der Waals surface area (Å²) in [5, 5.41) is 23.2. The first-order valence-electron chi connectivity index (χ1n) is 16.8. The van der Waals surface area contributed by atoms with Crippen molar-refractivity contribution in [1.82, 2.24) is 5.32 Å². The zero-order valence-electron chi connectivity index (χ0n) is 26.7. The molecule has 0 aliphatic rings. The number of amides is 1. The standard InChI is InChI=1S/C34H63NO6S/c1-3-5-7-9-11-13-15-16-17-19-21-23-25-27-29-33(37)34(38)35-31(30-42(39,40)41)32(36)28-26-24-22-20-18-14-12-10-8-6-4-2/h8,10,18,20,26,28,31-33,36-37H,3-7,9,11-17,19,21-25,27,29-30H2,1-2H3,(H,35,38)(H,39,40,41)/b10-8+,20-18+,28-26+. The van der Waals surface area contributed by atoms with E-state index in [4.69, 9.17) is 0 Å². The largest absolute Gasteiger partial charge is 0.387 e. The second-order valence-electron chi connectivity index (χ2n) is 11.6. The van der Waals surface area contributed by atoms with Crippen LogP contribution in [-0.2, 0) is 14.9 Å². The first-order chi connectivity index (χ1) is 20.2. The van der Waals surface area contributed by atoms with E-state index in [1.165, 1.54) is 70.3 Å².